The molecule has 0 saturated carbocycles. The van der Waals surface area contributed by atoms with Gasteiger partial charge in [0.1, 0.15) is 0 Å². The summed E-state index contributed by atoms with van der Waals surface area (Å²) >= 11 is 0. The molecule has 82 valence electrons. The van der Waals surface area contributed by atoms with Crippen LogP contribution < -0.4 is 5.56 Å². The fraction of sp³-hybridized carbons (Fsp3) is 0.167. The third kappa shape index (κ3) is 1.87. The van der Waals surface area contributed by atoms with Crippen LogP contribution in [0.25, 0.3) is 17.0 Å². The molecule has 0 saturated heterocycles. The normalized spacial score (nSPS) is 11.4. The van der Waals surface area contributed by atoms with Gasteiger partial charge in [-0.15, -0.1) is 0 Å². The van der Waals surface area contributed by atoms with Gasteiger partial charge in [0.15, 0.2) is 0 Å². The van der Waals surface area contributed by atoms with Crippen LogP contribution in [-0.2, 0) is 7.05 Å². The predicted octanol–water partition coefficient (Wildman–Crippen LogP) is 0.939. The van der Waals surface area contributed by atoms with Gasteiger partial charge in [-0.25, -0.2) is 4.98 Å². The molecule has 1 heterocycles. The Hall–Kier alpha value is -1.94. The van der Waals surface area contributed by atoms with Crippen LogP contribution in [0.4, 0.5) is 0 Å². The number of rotatable bonds is 2. The second kappa shape index (κ2) is 4.28. The quantitative estimate of drug-likeness (QED) is 0.812. The first kappa shape index (κ1) is 10.6. The average molecular weight is 216 g/mol. The van der Waals surface area contributed by atoms with E-state index in [1.807, 2.05) is 6.07 Å². The van der Waals surface area contributed by atoms with Gasteiger partial charge in [-0.1, -0.05) is 18.2 Å². The number of fused-ring (bicyclic) bond motifs is 1. The molecule has 2 rings (SSSR count). The first-order chi connectivity index (χ1) is 7.72. The number of aliphatic hydroxyl groups is 1. The highest BCUT2D eigenvalue weighted by Gasteiger charge is 2.01. The topological polar surface area (TPSA) is 55.1 Å². The molecular weight excluding hydrogens is 204 g/mol. The number of aryl methyl sites for hydroxylation is 1. The van der Waals surface area contributed by atoms with E-state index in [9.17, 15) is 4.79 Å². The van der Waals surface area contributed by atoms with Gasteiger partial charge in [-0.2, -0.15) is 0 Å². The van der Waals surface area contributed by atoms with E-state index in [-0.39, 0.29) is 12.2 Å². The Morgan fingerprint density at radius 3 is 3.06 bits per heavy atom. The molecule has 0 aliphatic carbocycles. The summed E-state index contributed by atoms with van der Waals surface area (Å²) in [7, 11) is 1.67. The third-order valence-corrected chi connectivity index (χ3v) is 2.36. The number of benzene rings is 1. The summed E-state index contributed by atoms with van der Waals surface area (Å²) in [6.45, 7) is -0.0108. The van der Waals surface area contributed by atoms with Gasteiger partial charge >= 0.3 is 0 Å². The Bertz CT molecular complexity index is 599. The van der Waals surface area contributed by atoms with Gasteiger partial charge in [0.2, 0.25) is 0 Å². The maximum Gasteiger partial charge on any atom is 0.260 e. The summed E-state index contributed by atoms with van der Waals surface area (Å²) in [5.41, 5.74) is 1.50. The molecule has 0 aliphatic heterocycles. The Morgan fingerprint density at radius 1 is 1.50 bits per heavy atom. The SMILES string of the molecule is Cn1cnc2ccc(C=CCO)cc2c1=O. The highest BCUT2D eigenvalue weighted by Crippen LogP contribution is 2.10. The molecule has 0 bridgehead atoms. The standard InChI is InChI=1S/C12H12N2O2/c1-14-8-13-11-5-4-9(3-2-6-15)7-10(11)12(14)16/h2-5,7-8,15H,6H2,1H3. The van der Waals surface area contributed by atoms with E-state index in [1.165, 1.54) is 10.9 Å². The lowest BCUT2D eigenvalue weighted by Gasteiger charge is -2.01. The molecule has 1 N–H and O–H groups in total. The van der Waals surface area contributed by atoms with Crippen LogP contribution >= 0.6 is 0 Å². The molecular formula is C12H12N2O2. The largest absolute Gasteiger partial charge is 0.392 e. The second-order valence-corrected chi connectivity index (χ2v) is 3.52. The van der Waals surface area contributed by atoms with Crippen molar-refractivity contribution in [3.63, 3.8) is 0 Å². The zero-order valence-corrected chi connectivity index (χ0v) is 8.92. The van der Waals surface area contributed by atoms with Crippen molar-refractivity contribution in [3.05, 3.63) is 46.5 Å². The number of aromatic nitrogens is 2. The molecule has 2 aromatic rings. The monoisotopic (exact) mass is 216 g/mol. The van der Waals surface area contributed by atoms with Gasteiger partial charge < -0.3 is 9.67 Å². The Balaban J connectivity index is 2.64. The fourth-order valence-corrected chi connectivity index (χ4v) is 1.52. The Labute approximate surface area is 92.5 Å². The lowest BCUT2D eigenvalue weighted by Crippen LogP contribution is -2.16. The van der Waals surface area contributed by atoms with Crippen LogP contribution in [0.1, 0.15) is 5.56 Å². The summed E-state index contributed by atoms with van der Waals surface area (Å²) in [4.78, 5) is 16.0. The molecule has 0 spiro atoms. The molecule has 16 heavy (non-hydrogen) atoms. The van der Waals surface area contributed by atoms with Gasteiger partial charge in [0, 0.05) is 7.05 Å². The molecule has 1 aromatic heterocycles. The zero-order valence-electron chi connectivity index (χ0n) is 8.92. The highest BCUT2D eigenvalue weighted by molar-refractivity contribution is 5.80. The number of aliphatic hydroxyl groups excluding tert-OH is 1. The van der Waals surface area contributed by atoms with Gasteiger partial charge in [0.25, 0.3) is 5.56 Å². The van der Waals surface area contributed by atoms with Crippen molar-refractivity contribution in [1.82, 2.24) is 9.55 Å². The van der Waals surface area contributed by atoms with Crippen molar-refractivity contribution in [2.75, 3.05) is 6.61 Å². The van der Waals surface area contributed by atoms with Gasteiger partial charge in [0.05, 0.1) is 23.8 Å². The minimum Gasteiger partial charge on any atom is -0.392 e. The molecule has 0 aliphatic rings. The van der Waals surface area contributed by atoms with Crippen molar-refractivity contribution >= 4 is 17.0 Å². The van der Waals surface area contributed by atoms with Crippen molar-refractivity contribution in [2.24, 2.45) is 7.05 Å². The van der Waals surface area contributed by atoms with Gasteiger partial charge in [-0.05, 0) is 17.7 Å². The minimum absolute atomic E-state index is 0.0108. The predicted molar refractivity (Wildman–Crippen MR) is 63.1 cm³/mol. The van der Waals surface area contributed by atoms with E-state index in [4.69, 9.17) is 5.11 Å². The van der Waals surface area contributed by atoms with E-state index in [2.05, 4.69) is 4.98 Å². The molecule has 0 atom stereocenters. The van der Waals surface area contributed by atoms with Crippen LogP contribution in [0.3, 0.4) is 0 Å². The van der Waals surface area contributed by atoms with E-state index >= 15 is 0 Å². The lowest BCUT2D eigenvalue weighted by atomic mass is 10.1. The maximum atomic E-state index is 11.8. The maximum absolute atomic E-state index is 11.8. The van der Waals surface area contributed by atoms with E-state index in [0.29, 0.717) is 10.9 Å². The molecule has 0 fully saturated rings. The Kier molecular flexibility index (Phi) is 2.83. The van der Waals surface area contributed by atoms with E-state index < -0.39 is 0 Å². The fourth-order valence-electron chi connectivity index (χ4n) is 1.52. The highest BCUT2D eigenvalue weighted by atomic mass is 16.2. The number of nitrogens with zero attached hydrogens (tertiary/aromatic N) is 2. The van der Waals surface area contributed by atoms with Gasteiger partial charge in [-0.3, -0.25) is 4.79 Å². The van der Waals surface area contributed by atoms with Crippen molar-refractivity contribution in [2.45, 2.75) is 0 Å². The minimum atomic E-state index is -0.0655. The van der Waals surface area contributed by atoms with Crippen LogP contribution in [-0.4, -0.2) is 21.3 Å². The van der Waals surface area contributed by atoms with Crippen molar-refractivity contribution in [1.29, 1.82) is 0 Å². The summed E-state index contributed by atoms with van der Waals surface area (Å²) in [6.07, 6.45) is 4.90. The summed E-state index contributed by atoms with van der Waals surface area (Å²) in [5, 5.41) is 9.26. The zero-order chi connectivity index (χ0) is 11.5. The smallest absolute Gasteiger partial charge is 0.260 e. The number of hydrogen-bond acceptors (Lipinski definition) is 3. The average Bonchev–Trinajstić information content (AvgIpc) is 2.31. The lowest BCUT2D eigenvalue weighted by molar-refractivity contribution is 0.343. The third-order valence-electron chi connectivity index (χ3n) is 2.36. The molecule has 0 unspecified atom stereocenters. The first-order valence-electron chi connectivity index (χ1n) is 4.95. The van der Waals surface area contributed by atoms with E-state index in [1.54, 1.807) is 31.3 Å². The molecule has 0 amide bonds. The molecule has 4 nitrogen and oxygen atoms in total. The number of hydrogen-bond donors (Lipinski definition) is 1. The first-order valence-corrected chi connectivity index (χ1v) is 4.95. The van der Waals surface area contributed by atoms with Crippen molar-refractivity contribution < 1.29 is 5.11 Å². The van der Waals surface area contributed by atoms with Crippen LogP contribution in [0.5, 0.6) is 0 Å². The molecule has 0 radical (unpaired) electrons. The summed E-state index contributed by atoms with van der Waals surface area (Å²) < 4.78 is 1.45. The summed E-state index contributed by atoms with van der Waals surface area (Å²) in [5.74, 6) is 0. The van der Waals surface area contributed by atoms with E-state index in [0.717, 1.165) is 5.56 Å². The van der Waals surface area contributed by atoms with Crippen LogP contribution in [0.2, 0.25) is 0 Å². The Morgan fingerprint density at radius 2 is 2.31 bits per heavy atom. The second-order valence-electron chi connectivity index (χ2n) is 3.52. The van der Waals surface area contributed by atoms with Crippen molar-refractivity contribution in [3.8, 4) is 0 Å². The van der Waals surface area contributed by atoms with Crippen LogP contribution in [0.15, 0.2) is 35.4 Å². The van der Waals surface area contributed by atoms with Crippen LogP contribution in [0, 0.1) is 0 Å². The molecule has 4 heteroatoms. The summed E-state index contributed by atoms with van der Waals surface area (Å²) in [6, 6.07) is 5.44. The molecule has 1 aromatic carbocycles.